The molecule has 2 aromatic heterocycles. The summed E-state index contributed by atoms with van der Waals surface area (Å²) in [4.78, 5) is 18.2. The van der Waals surface area contributed by atoms with Crippen molar-refractivity contribution in [3.05, 3.63) is 46.3 Å². The molecule has 12 heteroatoms. The molecule has 1 N–H and O–H groups in total. The van der Waals surface area contributed by atoms with Crippen molar-refractivity contribution in [1.29, 1.82) is 0 Å². The molecule has 1 aromatic carbocycles. The molecule has 0 fully saturated rings. The Morgan fingerprint density at radius 2 is 1.78 bits per heavy atom. The fraction of sp³-hybridized carbons (Fsp3) is 0.267. The highest BCUT2D eigenvalue weighted by Gasteiger charge is 2.57. The average Bonchev–Trinajstić information content (AvgIpc) is 2.90. The lowest BCUT2D eigenvalue weighted by Crippen LogP contribution is -2.38. The first kappa shape index (κ1) is 19.3. The number of thioether (sulfide) groups is 1. The van der Waals surface area contributed by atoms with Gasteiger partial charge in [-0.2, -0.15) is 31.6 Å². The van der Waals surface area contributed by atoms with Crippen LogP contribution in [0.2, 0.25) is 0 Å². The molecular formula is C15H10F6N4OS. The van der Waals surface area contributed by atoms with Crippen LogP contribution in [0.15, 0.2) is 34.2 Å². The number of alkyl halides is 5. The monoisotopic (exact) mass is 408 g/mol. The molecular weight excluding hydrogens is 398 g/mol. The maximum atomic E-state index is 13.1. The summed E-state index contributed by atoms with van der Waals surface area (Å²) < 4.78 is 77.0. The second-order valence-corrected chi connectivity index (χ2v) is 6.50. The maximum absolute atomic E-state index is 13.1. The van der Waals surface area contributed by atoms with Crippen LogP contribution in [0.4, 0.5) is 26.3 Å². The van der Waals surface area contributed by atoms with Crippen LogP contribution in [0.25, 0.3) is 16.8 Å². The summed E-state index contributed by atoms with van der Waals surface area (Å²) in [7, 11) is 0. The second-order valence-electron chi connectivity index (χ2n) is 5.54. The van der Waals surface area contributed by atoms with Crippen molar-refractivity contribution in [3.63, 3.8) is 0 Å². The van der Waals surface area contributed by atoms with Gasteiger partial charge < -0.3 is 0 Å². The van der Waals surface area contributed by atoms with Crippen LogP contribution in [0.5, 0.6) is 0 Å². The van der Waals surface area contributed by atoms with Crippen LogP contribution in [0, 0.1) is 12.7 Å². The van der Waals surface area contributed by atoms with Gasteiger partial charge in [0.25, 0.3) is 0 Å². The molecule has 0 radical (unpaired) electrons. The van der Waals surface area contributed by atoms with Gasteiger partial charge in [-0.15, -0.1) is 0 Å². The molecule has 144 valence electrons. The second kappa shape index (κ2) is 6.59. The van der Waals surface area contributed by atoms with Crippen LogP contribution in [0.3, 0.4) is 0 Å². The van der Waals surface area contributed by atoms with Crippen molar-refractivity contribution in [3.8, 4) is 11.1 Å². The molecule has 0 amide bonds. The third-order valence-corrected chi connectivity index (χ3v) is 4.56. The zero-order valence-electron chi connectivity index (χ0n) is 13.4. The van der Waals surface area contributed by atoms with Crippen LogP contribution >= 0.6 is 11.8 Å². The van der Waals surface area contributed by atoms with Gasteiger partial charge in [0, 0.05) is 5.56 Å². The largest absolute Gasteiger partial charge is 0.454 e. The summed E-state index contributed by atoms with van der Waals surface area (Å²) in [6, 6.07) is 5.16. The molecule has 27 heavy (non-hydrogen) atoms. The average molecular weight is 408 g/mol. The number of benzene rings is 1. The lowest BCUT2D eigenvalue weighted by atomic mass is 10.1. The van der Waals surface area contributed by atoms with E-state index >= 15 is 0 Å². The molecule has 0 saturated heterocycles. The van der Waals surface area contributed by atoms with E-state index < -0.39 is 34.5 Å². The number of fused-ring (bicyclic) bond motifs is 1. The van der Waals surface area contributed by atoms with E-state index in [4.69, 9.17) is 0 Å². The Balaban J connectivity index is 2.04. The summed E-state index contributed by atoms with van der Waals surface area (Å²) in [5.41, 5.74) is 0.251. The van der Waals surface area contributed by atoms with Gasteiger partial charge >= 0.3 is 17.8 Å². The number of hydrogen-bond donors (Lipinski definition) is 1. The summed E-state index contributed by atoms with van der Waals surface area (Å²) in [6.45, 7) is 1.55. The molecule has 5 nitrogen and oxygen atoms in total. The minimum atomic E-state index is -5.71. The third kappa shape index (κ3) is 3.66. The normalized spacial score (nSPS) is 12.7. The third-order valence-electron chi connectivity index (χ3n) is 3.59. The standard InChI is InChI=1S/C15H10F6N4OS/c1-7-10(8-2-4-9(16)5-3-8)11-22-12(23-13(26)25(11)24-7)27-6-14(17,18)15(19,20)21/h2-5H,6H2,1H3,(H,22,23,26). The number of hydrogen-bond acceptors (Lipinski definition) is 4. The molecule has 3 aromatic rings. The van der Waals surface area contributed by atoms with E-state index in [1.54, 1.807) is 6.92 Å². The smallest absolute Gasteiger partial charge is 0.285 e. The number of nitrogens with zero attached hydrogens (tertiary/aromatic N) is 3. The quantitative estimate of drug-likeness (QED) is 0.527. The van der Waals surface area contributed by atoms with Gasteiger partial charge in [0.15, 0.2) is 10.8 Å². The Kier molecular flexibility index (Phi) is 4.70. The predicted molar refractivity (Wildman–Crippen MR) is 85.5 cm³/mol. The van der Waals surface area contributed by atoms with E-state index in [0.717, 1.165) is 4.52 Å². The van der Waals surface area contributed by atoms with Gasteiger partial charge in [-0.05, 0) is 24.6 Å². The number of aryl methyl sites for hydroxylation is 1. The minimum Gasteiger partial charge on any atom is -0.285 e. The predicted octanol–water partition coefficient (Wildman–Crippen LogP) is 3.82. The van der Waals surface area contributed by atoms with E-state index in [1.807, 2.05) is 0 Å². The number of rotatable bonds is 4. The molecule has 0 unspecified atom stereocenters. The molecule has 0 atom stereocenters. The van der Waals surface area contributed by atoms with Crippen LogP contribution in [0.1, 0.15) is 5.69 Å². The molecule has 0 aliphatic heterocycles. The van der Waals surface area contributed by atoms with Crippen molar-refractivity contribution >= 4 is 17.4 Å². The Morgan fingerprint density at radius 1 is 1.15 bits per heavy atom. The van der Waals surface area contributed by atoms with E-state index in [-0.39, 0.29) is 17.4 Å². The first-order valence-electron chi connectivity index (χ1n) is 7.32. The Bertz CT molecular complexity index is 1040. The molecule has 0 bridgehead atoms. The highest BCUT2D eigenvalue weighted by Crippen LogP contribution is 2.39. The topological polar surface area (TPSA) is 63.1 Å². The first-order chi connectivity index (χ1) is 12.5. The minimum absolute atomic E-state index is 0.0410. The highest BCUT2D eigenvalue weighted by molar-refractivity contribution is 7.99. The fourth-order valence-corrected chi connectivity index (χ4v) is 3.08. The van der Waals surface area contributed by atoms with Gasteiger partial charge in [0.2, 0.25) is 0 Å². The summed E-state index contributed by atoms with van der Waals surface area (Å²) in [5, 5.41) is 3.56. The van der Waals surface area contributed by atoms with E-state index in [1.165, 1.54) is 24.3 Å². The number of halogens is 6. The fourth-order valence-electron chi connectivity index (χ4n) is 2.29. The molecule has 0 aliphatic carbocycles. The van der Waals surface area contributed by atoms with Gasteiger partial charge in [0.1, 0.15) is 5.82 Å². The highest BCUT2D eigenvalue weighted by atomic mass is 32.2. The maximum Gasteiger partial charge on any atom is 0.454 e. The molecule has 0 aliphatic rings. The van der Waals surface area contributed by atoms with Gasteiger partial charge in [-0.3, -0.25) is 4.98 Å². The van der Waals surface area contributed by atoms with Crippen molar-refractivity contribution < 1.29 is 26.3 Å². The van der Waals surface area contributed by atoms with Gasteiger partial charge in [-0.25, -0.2) is 14.2 Å². The summed E-state index contributed by atoms with van der Waals surface area (Å²) >= 11 is 0.0611. The number of aromatic amines is 1. The summed E-state index contributed by atoms with van der Waals surface area (Å²) in [6.07, 6.45) is -5.71. The molecule has 2 heterocycles. The van der Waals surface area contributed by atoms with Crippen LogP contribution in [-0.2, 0) is 0 Å². The van der Waals surface area contributed by atoms with E-state index in [9.17, 15) is 31.1 Å². The Morgan fingerprint density at radius 3 is 2.37 bits per heavy atom. The lowest BCUT2D eigenvalue weighted by molar-refractivity contribution is -0.271. The number of nitrogens with one attached hydrogen (secondary N) is 1. The summed E-state index contributed by atoms with van der Waals surface area (Å²) in [5.74, 6) is -7.09. The van der Waals surface area contributed by atoms with Crippen molar-refractivity contribution in [1.82, 2.24) is 19.6 Å². The van der Waals surface area contributed by atoms with Crippen molar-refractivity contribution in [2.45, 2.75) is 24.2 Å². The van der Waals surface area contributed by atoms with Gasteiger partial charge in [0.05, 0.1) is 11.4 Å². The first-order valence-corrected chi connectivity index (χ1v) is 8.31. The van der Waals surface area contributed by atoms with Gasteiger partial charge in [-0.1, -0.05) is 23.9 Å². The van der Waals surface area contributed by atoms with E-state index in [2.05, 4.69) is 15.1 Å². The van der Waals surface area contributed by atoms with Crippen molar-refractivity contribution in [2.24, 2.45) is 0 Å². The molecule has 3 rings (SSSR count). The van der Waals surface area contributed by atoms with E-state index in [0.29, 0.717) is 16.8 Å². The molecule has 0 spiro atoms. The van der Waals surface area contributed by atoms with Crippen LogP contribution < -0.4 is 5.69 Å². The lowest BCUT2D eigenvalue weighted by Gasteiger charge is -2.18. The number of aromatic nitrogens is 4. The molecule has 0 saturated carbocycles. The van der Waals surface area contributed by atoms with Crippen molar-refractivity contribution in [2.75, 3.05) is 5.75 Å². The zero-order chi connectivity index (χ0) is 20.0. The Labute approximate surface area is 151 Å². The SMILES string of the molecule is Cc1nn2c(=O)[nH]c(SCC(F)(F)C(F)(F)F)nc2c1-c1ccc(F)cc1. The zero-order valence-corrected chi connectivity index (χ0v) is 14.3. The Hall–Kier alpha value is -2.50. The van der Waals surface area contributed by atoms with Crippen LogP contribution in [-0.4, -0.2) is 37.4 Å². The number of H-pyrrole nitrogens is 1.